The molecule has 8 aromatic rings. The number of fused-ring (bicyclic) bond motifs is 4. The Morgan fingerprint density at radius 1 is 0.590 bits per heavy atom. The van der Waals surface area contributed by atoms with Gasteiger partial charge in [-0.25, -0.2) is 0 Å². The summed E-state index contributed by atoms with van der Waals surface area (Å²) < 4.78 is 26.1. The molecule has 0 atom stereocenters. The van der Waals surface area contributed by atoms with E-state index in [2.05, 4.69) is 25.5 Å². The van der Waals surface area contributed by atoms with Gasteiger partial charge in [-0.15, -0.1) is 0 Å². The zero-order chi connectivity index (χ0) is 44.4. The molecular weight excluding hydrogens is 797 g/mol. The van der Waals surface area contributed by atoms with Crippen LogP contribution >= 0.6 is 0 Å². The van der Waals surface area contributed by atoms with Gasteiger partial charge in [0.25, 0.3) is 0 Å². The van der Waals surface area contributed by atoms with E-state index in [1.165, 1.54) is 24.4 Å². The fourth-order valence-electron chi connectivity index (χ4n) is 6.01. The van der Waals surface area contributed by atoms with Gasteiger partial charge in [-0.2, -0.15) is 20.4 Å². The van der Waals surface area contributed by atoms with Gasteiger partial charge in [0, 0.05) is 97.5 Å². The monoisotopic (exact) mass is 840 g/mol. The number of nitrogens with two attached hydrogens (primary N) is 1. The third-order valence-corrected chi connectivity index (χ3v) is 8.59. The minimum Gasteiger partial charge on any atom is -0.492 e. The molecule has 4 aromatic heterocycles. The number of aryl methyl sites for hydroxylation is 3. The van der Waals surface area contributed by atoms with Crippen LogP contribution in [0.15, 0.2) is 73.3 Å². The van der Waals surface area contributed by atoms with Crippen LogP contribution in [0.3, 0.4) is 0 Å². The summed E-state index contributed by atoms with van der Waals surface area (Å²) in [7, 11) is 5.44. The summed E-state index contributed by atoms with van der Waals surface area (Å²) in [6.07, 6.45) is 6.80. The predicted octanol–water partition coefficient (Wildman–Crippen LogP) is 7.18. The smallest absolute Gasteiger partial charge is 0.311 e. The van der Waals surface area contributed by atoms with E-state index < -0.39 is 14.8 Å². The molecule has 0 bridgehead atoms. The van der Waals surface area contributed by atoms with Gasteiger partial charge in [0.2, 0.25) is 0 Å². The van der Waals surface area contributed by atoms with Crippen LogP contribution in [0.5, 0.6) is 23.0 Å². The van der Waals surface area contributed by atoms with Gasteiger partial charge in [-0.3, -0.25) is 49.5 Å². The molecule has 0 aliphatic rings. The first kappa shape index (κ1) is 44.1. The number of hydrogen-bond donors (Lipinski definition) is 2. The molecule has 4 aromatic carbocycles. The van der Waals surface area contributed by atoms with E-state index in [-0.39, 0.29) is 34.3 Å². The van der Waals surface area contributed by atoms with Crippen LogP contribution in [0.2, 0.25) is 0 Å². The van der Waals surface area contributed by atoms with Gasteiger partial charge in [0.15, 0.2) is 17.2 Å². The van der Waals surface area contributed by atoms with E-state index in [4.69, 9.17) is 24.7 Å². The largest absolute Gasteiger partial charge is 0.492 e. The molecule has 22 nitrogen and oxygen atoms in total. The molecule has 61 heavy (non-hydrogen) atoms. The van der Waals surface area contributed by atoms with Crippen LogP contribution in [0.25, 0.3) is 43.6 Å². The fourth-order valence-corrected chi connectivity index (χ4v) is 6.01. The third-order valence-electron chi connectivity index (χ3n) is 8.59. The maximum atomic E-state index is 10.8. The van der Waals surface area contributed by atoms with Crippen LogP contribution in [-0.2, 0) is 21.1 Å². The number of nitro groups is 3. The molecule has 0 aliphatic heterocycles. The van der Waals surface area contributed by atoms with E-state index in [1.54, 1.807) is 79.5 Å². The summed E-state index contributed by atoms with van der Waals surface area (Å²) in [6, 6.07) is 13.0. The number of rotatable bonds is 11. The first-order valence-electron chi connectivity index (χ1n) is 18.7. The number of nitrogens with one attached hydrogen (secondary N) is 1. The summed E-state index contributed by atoms with van der Waals surface area (Å²) in [4.78, 5) is 31.1. The van der Waals surface area contributed by atoms with Gasteiger partial charge >= 0.3 is 17.1 Å². The van der Waals surface area contributed by atoms with Crippen LogP contribution in [0.4, 0.5) is 22.7 Å². The molecule has 320 valence electrons. The number of aromatic nitrogens is 8. The summed E-state index contributed by atoms with van der Waals surface area (Å²) >= 11 is 0. The number of nitro benzene ring substituents is 3. The van der Waals surface area contributed by atoms with Crippen molar-refractivity contribution in [2.75, 3.05) is 32.2 Å². The molecular formula is C39H44N12O10. The number of anilines is 1. The van der Waals surface area contributed by atoms with E-state index in [0.717, 1.165) is 32.7 Å². The number of nitrogens with zero attached hydrogens (tertiary/aromatic N) is 10. The lowest BCUT2D eigenvalue weighted by atomic mass is 10.2. The Bertz CT molecular complexity index is 2810. The minimum atomic E-state index is -0.461. The standard InChI is InChI=1S/2C10H11N3O3.C10H13N3O.C9H9N3O3/c1-3-16-10-5-8-7(6-12(2)11-8)4-9(10)13(14)15;1-3-16-10-5-8-7(6-11-12(8)2)4-9(10)13(14)15;1-3-14-10-5-9-7(4-8(10)11)6-13(2)12-9;1-2-15-9-4-7-6(5-10-11-7)3-8(9)12(13)14/h2*4-6H,3H2,1-2H3;4-6H,3,11H2,1-2H3;3-5H,2H2,1H3,(H,10,11). The highest BCUT2D eigenvalue weighted by atomic mass is 16.6. The van der Waals surface area contributed by atoms with Crippen LogP contribution in [0, 0.1) is 30.3 Å². The van der Waals surface area contributed by atoms with E-state index in [9.17, 15) is 30.3 Å². The molecule has 0 aliphatic carbocycles. The Morgan fingerprint density at radius 3 is 1.56 bits per heavy atom. The summed E-state index contributed by atoms with van der Waals surface area (Å²) in [6.45, 7) is 9.07. The highest BCUT2D eigenvalue weighted by molar-refractivity contribution is 5.86. The molecule has 8 rings (SSSR count). The number of benzene rings is 4. The van der Waals surface area contributed by atoms with Crippen molar-refractivity contribution in [1.82, 2.24) is 39.5 Å². The Kier molecular flexibility index (Phi) is 14.2. The normalized spacial score (nSPS) is 10.6. The number of hydrogen-bond acceptors (Lipinski definition) is 15. The first-order chi connectivity index (χ1) is 29.2. The molecule has 0 radical (unpaired) electrons. The van der Waals surface area contributed by atoms with Gasteiger partial charge in [-0.05, 0) is 33.8 Å². The third kappa shape index (κ3) is 10.5. The second-order valence-electron chi connectivity index (χ2n) is 12.9. The number of nitrogen functional groups attached to an aromatic ring is 1. The van der Waals surface area contributed by atoms with Gasteiger partial charge < -0.3 is 24.7 Å². The number of aromatic amines is 1. The molecule has 3 N–H and O–H groups in total. The fraction of sp³-hybridized carbons (Fsp3) is 0.282. The number of H-pyrrole nitrogens is 1. The quantitative estimate of drug-likeness (QED) is 0.0741. The van der Waals surface area contributed by atoms with Crippen LogP contribution < -0.4 is 24.7 Å². The van der Waals surface area contributed by atoms with Crippen LogP contribution in [-0.4, -0.2) is 80.7 Å². The van der Waals surface area contributed by atoms with Crippen molar-refractivity contribution in [2.24, 2.45) is 21.1 Å². The topological polar surface area (TPSA) is 274 Å². The predicted molar refractivity (Wildman–Crippen MR) is 227 cm³/mol. The van der Waals surface area contributed by atoms with Gasteiger partial charge in [-0.1, -0.05) is 0 Å². The lowest BCUT2D eigenvalue weighted by molar-refractivity contribution is -0.385. The van der Waals surface area contributed by atoms with E-state index >= 15 is 0 Å². The zero-order valence-corrected chi connectivity index (χ0v) is 34.4. The summed E-state index contributed by atoms with van der Waals surface area (Å²) in [5.41, 5.74) is 9.53. The summed E-state index contributed by atoms with van der Waals surface area (Å²) in [5.74, 6) is 1.51. The SMILES string of the molecule is CCOc1cc2[nH]ncc2cc1[N+](=O)[O-].CCOc1cc2c(cnn2C)cc1[N+](=O)[O-].CCOc1cc2nn(C)cc2cc1N.CCOc1cc2nn(C)cc2cc1[N+](=O)[O-]. The molecule has 0 fully saturated rings. The van der Waals surface area contributed by atoms with Crippen molar-refractivity contribution >= 4 is 66.4 Å². The average Bonchev–Trinajstić information content (AvgIpc) is 4.00. The highest BCUT2D eigenvalue weighted by Gasteiger charge is 2.20. The van der Waals surface area contributed by atoms with Gasteiger partial charge in [0.1, 0.15) is 5.75 Å². The number of ether oxygens (including phenoxy) is 4. The Hall–Kier alpha value is -8.04. The molecule has 22 heteroatoms. The average molecular weight is 841 g/mol. The Labute approximate surface area is 346 Å². The van der Waals surface area contributed by atoms with Crippen LogP contribution in [0.1, 0.15) is 27.7 Å². The second-order valence-corrected chi connectivity index (χ2v) is 12.9. The molecule has 0 saturated heterocycles. The highest BCUT2D eigenvalue weighted by Crippen LogP contribution is 2.34. The van der Waals surface area contributed by atoms with Crippen molar-refractivity contribution < 1.29 is 33.7 Å². The lowest BCUT2D eigenvalue weighted by Gasteiger charge is -2.05. The van der Waals surface area contributed by atoms with Crippen molar-refractivity contribution in [3.8, 4) is 23.0 Å². The molecule has 4 heterocycles. The molecule has 0 saturated carbocycles. The van der Waals surface area contributed by atoms with Crippen molar-refractivity contribution in [3.05, 3.63) is 104 Å². The summed E-state index contributed by atoms with van der Waals surface area (Å²) in [5, 5.41) is 54.7. The van der Waals surface area contributed by atoms with Gasteiger partial charge in [0.05, 0.1) is 81.3 Å². The maximum absolute atomic E-state index is 10.8. The van der Waals surface area contributed by atoms with Crippen molar-refractivity contribution in [1.29, 1.82) is 0 Å². The van der Waals surface area contributed by atoms with Crippen molar-refractivity contribution in [2.45, 2.75) is 27.7 Å². The molecule has 0 spiro atoms. The Morgan fingerprint density at radius 2 is 1.03 bits per heavy atom. The van der Waals surface area contributed by atoms with E-state index in [1.807, 2.05) is 32.3 Å². The zero-order valence-electron chi connectivity index (χ0n) is 34.4. The molecule has 0 unspecified atom stereocenters. The van der Waals surface area contributed by atoms with Crippen molar-refractivity contribution in [3.63, 3.8) is 0 Å². The minimum absolute atomic E-state index is 0.0256. The maximum Gasteiger partial charge on any atom is 0.311 e. The lowest BCUT2D eigenvalue weighted by Crippen LogP contribution is -1.98. The first-order valence-corrected chi connectivity index (χ1v) is 18.7. The molecule has 0 amide bonds. The second kappa shape index (κ2) is 19.6. The van der Waals surface area contributed by atoms with E-state index in [0.29, 0.717) is 48.8 Å². The Balaban J connectivity index is 0.000000154.